The molecule has 27 heavy (non-hydrogen) atoms. The van der Waals surface area contributed by atoms with E-state index in [9.17, 15) is 9.67 Å². The van der Waals surface area contributed by atoms with Crippen LogP contribution in [0.2, 0.25) is 0 Å². The maximum Gasteiger partial charge on any atom is 0.362 e. The third kappa shape index (κ3) is 3.77. The van der Waals surface area contributed by atoms with Gasteiger partial charge >= 0.3 is 7.60 Å². The van der Waals surface area contributed by atoms with E-state index >= 15 is 0 Å². The summed E-state index contributed by atoms with van der Waals surface area (Å²) in [5.41, 5.74) is 5.85. The highest BCUT2D eigenvalue weighted by atomic mass is 31.2. The molecule has 0 spiro atoms. The van der Waals surface area contributed by atoms with Crippen molar-refractivity contribution in [2.24, 2.45) is 0 Å². The standard InChI is InChI=1S/C21H25O5P/c1-13-9-17(26-12-27(23,24)25)10-16-5-7-18(21(13)16)15-6-8-20(22)19(11-15)14-3-2-4-14/h6,8-11,14,18,22H,2-5,7,12H2,1H3,(H2,23,24,25)/t18-/m1/s1. The molecule has 0 saturated heterocycles. The van der Waals surface area contributed by atoms with Crippen molar-refractivity contribution >= 4 is 7.60 Å². The van der Waals surface area contributed by atoms with E-state index in [-0.39, 0.29) is 5.92 Å². The number of hydrogen-bond donors (Lipinski definition) is 3. The van der Waals surface area contributed by atoms with Gasteiger partial charge in [-0.05, 0) is 84.5 Å². The van der Waals surface area contributed by atoms with E-state index < -0.39 is 13.9 Å². The summed E-state index contributed by atoms with van der Waals surface area (Å²) >= 11 is 0. The fraction of sp³-hybridized carbons (Fsp3) is 0.429. The fourth-order valence-electron chi connectivity index (χ4n) is 4.40. The zero-order chi connectivity index (χ0) is 19.2. The Labute approximate surface area is 159 Å². The highest BCUT2D eigenvalue weighted by Gasteiger charge is 2.29. The molecule has 5 nitrogen and oxygen atoms in total. The minimum Gasteiger partial charge on any atom is -0.508 e. The Bertz CT molecular complexity index is 913. The quantitative estimate of drug-likeness (QED) is 0.654. The van der Waals surface area contributed by atoms with Crippen molar-refractivity contribution in [2.75, 3.05) is 6.35 Å². The molecule has 2 aromatic carbocycles. The molecule has 144 valence electrons. The van der Waals surface area contributed by atoms with E-state index in [0.29, 0.717) is 17.4 Å². The number of aromatic hydroxyl groups is 1. The van der Waals surface area contributed by atoms with Crippen LogP contribution in [-0.4, -0.2) is 21.2 Å². The third-order valence-corrected chi connectivity index (χ3v) is 6.36. The predicted molar refractivity (Wildman–Crippen MR) is 104 cm³/mol. The number of phenolic OH excluding ortho intramolecular Hbond substituents is 1. The summed E-state index contributed by atoms with van der Waals surface area (Å²) in [6.45, 7) is 2.02. The van der Waals surface area contributed by atoms with Crippen LogP contribution < -0.4 is 4.74 Å². The molecule has 0 radical (unpaired) electrons. The maximum absolute atomic E-state index is 11.1. The topological polar surface area (TPSA) is 87.0 Å². The lowest BCUT2D eigenvalue weighted by molar-refractivity contribution is 0.300. The summed E-state index contributed by atoms with van der Waals surface area (Å²) in [6.07, 6.45) is 4.84. The van der Waals surface area contributed by atoms with Crippen LogP contribution in [0, 0.1) is 6.92 Å². The number of fused-ring (bicyclic) bond motifs is 1. The summed E-state index contributed by atoms with van der Waals surface area (Å²) in [6, 6.07) is 9.80. The first-order valence-corrected chi connectivity index (χ1v) is 11.2. The van der Waals surface area contributed by atoms with Gasteiger partial charge in [-0.15, -0.1) is 0 Å². The largest absolute Gasteiger partial charge is 0.508 e. The molecular weight excluding hydrogens is 363 g/mol. The molecule has 0 bridgehead atoms. The van der Waals surface area contributed by atoms with Gasteiger partial charge < -0.3 is 19.6 Å². The second-order valence-electron chi connectivity index (χ2n) is 7.79. The van der Waals surface area contributed by atoms with Gasteiger partial charge in [-0.2, -0.15) is 0 Å². The SMILES string of the molecule is Cc1cc(OCP(=O)(O)O)cc2c1[C@@H](c1ccc(O)c(C3CCC3)c1)CC2. The molecule has 0 aromatic heterocycles. The molecule has 1 fully saturated rings. The monoisotopic (exact) mass is 388 g/mol. The highest BCUT2D eigenvalue weighted by Crippen LogP contribution is 2.46. The lowest BCUT2D eigenvalue weighted by Crippen LogP contribution is -2.10. The van der Waals surface area contributed by atoms with Crippen LogP contribution in [0.5, 0.6) is 11.5 Å². The lowest BCUT2D eigenvalue weighted by atomic mass is 9.78. The molecular formula is C21H25O5P. The average Bonchev–Trinajstić information content (AvgIpc) is 2.97. The van der Waals surface area contributed by atoms with Crippen LogP contribution in [-0.2, 0) is 11.0 Å². The highest BCUT2D eigenvalue weighted by molar-refractivity contribution is 7.51. The Morgan fingerprint density at radius 2 is 1.93 bits per heavy atom. The summed E-state index contributed by atoms with van der Waals surface area (Å²) in [5.74, 6) is 1.68. The van der Waals surface area contributed by atoms with E-state index in [1.807, 2.05) is 31.2 Å². The van der Waals surface area contributed by atoms with Crippen LogP contribution >= 0.6 is 7.60 Å². The van der Waals surface area contributed by atoms with Crippen molar-refractivity contribution in [3.8, 4) is 11.5 Å². The Balaban J connectivity index is 1.63. The van der Waals surface area contributed by atoms with E-state index in [2.05, 4.69) is 6.07 Å². The Morgan fingerprint density at radius 3 is 2.59 bits per heavy atom. The minimum atomic E-state index is -4.19. The minimum absolute atomic E-state index is 0.287. The fourth-order valence-corrected chi connectivity index (χ4v) is 4.71. The van der Waals surface area contributed by atoms with E-state index in [1.54, 1.807) is 0 Å². The first kappa shape index (κ1) is 18.5. The molecule has 0 unspecified atom stereocenters. The van der Waals surface area contributed by atoms with Crippen LogP contribution in [0.15, 0.2) is 30.3 Å². The molecule has 6 heteroatoms. The Morgan fingerprint density at radius 1 is 1.15 bits per heavy atom. The summed E-state index contributed by atoms with van der Waals surface area (Å²) in [7, 11) is -4.19. The van der Waals surface area contributed by atoms with Gasteiger partial charge in [-0.3, -0.25) is 4.57 Å². The van der Waals surface area contributed by atoms with Crippen molar-refractivity contribution in [1.82, 2.24) is 0 Å². The number of benzene rings is 2. The number of hydrogen-bond acceptors (Lipinski definition) is 3. The molecule has 2 aromatic rings. The number of rotatable bonds is 5. The Hall–Kier alpha value is -1.81. The van der Waals surface area contributed by atoms with Crippen molar-refractivity contribution in [3.05, 3.63) is 58.1 Å². The maximum atomic E-state index is 11.1. The van der Waals surface area contributed by atoms with Gasteiger partial charge in [0.1, 0.15) is 11.5 Å². The van der Waals surface area contributed by atoms with Gasteiger partial charge in [0, 0.05) is 5.92 Å². The van der Waals surface area contributed by atoms with Crippen molar-refractivity contribution in [2.45, 2.75) is 50.9 Å². The first-order chi connectivity index (χ1) is 12.8. The lowest BCUT2D eigenvalue weighted by Gasteiger charge is -2.27. The van der Waals surface area contributed by atoms with Crippen LogP contribution in [0.25, 0.3) is 0 Å². The molecule has 0 amide bonds. The second-order valence-corrected chi connectivity index (χ2v) is 9.38. The van der Waals surface area contributed by atoms with Gasteiger partial charge in [-0.25, -0.2) is 0 Å². The van der Waals surface area contributed by atoms with E-state index in [0.717, 1.165) is 36.8 Å². The second kappa shape index (κ2) is 6.97. The van der Waals surface area contributed by atoms with Crippen LogP contribution in [0.1, 0.15) is 65.3 Å². The van der Waals surface area contributed by atoms with E-state index in [4.69, 9.17) is 14.5 Å². The number of phenols is 1. The van der Waals surface area contributed by atoms with Crippen LogP contribution in [0.4, 0.5) is 0 Å². The zero-order valence-corrected chi connectivity index (χ0v) is 16.3. The molecule has 0 heterocycles. The summed E-state index contributed by atoms with van der Waals surface area (Å²) in [4.78, 5) is 18.0. The van der Waals surface area contributed by atoms with E-state index in [1.165, 1.54) is 23.1 Å². The zero-order valence-electron chi connectivity index (χ0n) is 15.4. The third-order valence-electron chi connectivity index (χ3n) is 5.90. The first-order valence-electron chi connectivity index (χ1n) is 9.45. The van der Waals surface area contributed by atoms with Gasteiger partial charge in [0.05, 0.1) is 0 Å². The average molecular weight is 388 g/mol. The van der Waals surface area contributed by atoms with Gasteiger partial charge in [0.25, 0.3) is 0 Å². The van der Waals surface area contributed by atoms with Gasteiger partial charge in [-0.1, -0.05) is 18.6 Å². The normalized spacial score (nSPS) is 19.6. The molecule has 3 N–H and O–H groups in total. The van der Waals surface area contributed by atoms with Crippen molar-refractivity contribution in [1.29, 1.82) is 0 Å². The molecule has 2 aliphatic carbocycles. The number of aryl methyl sites for hydroxylation is 2. The molecule has 4 rings (SSSR count). The van der Waals surface area contributed by atoms with Gasteiger partial charge in [0.15, 0.2) is 6.35 Å². The van der Waals surface area contributed by atoms with Crippen LogP contribution in [0.3, 0.4) is 0 Å². The van der Waals surface area contributed by atoms with Crippen molar-refractivity contribution < 1.29 is 24.2 Å². The Kier molecular flexibility index (Phi) is 4.79. The summed E-state index contributed by atoms with van der Waals surface area (Å²) < 4.78 is 16.4. The molecule has 0 aliphatic heterocycles. The predicted octanol–water partition coefficient (Wildman–Crippen LogP) is 4.56. The van der Waals surface area contributed by atoms with Gasteiger partial charge in [0.2, 0.25) is 0 Å². The molecule has 2 aliphatic rings. The smallest absolute Gasteiger partial charge is 0.362 e. The molecule has 1 atom stereocenters. The van der Waals surface area contributed by atoms with Crippen molar-refractivity contribution in [3.63, 3.8) is 0 Å². The number of ether oxygens (including phenoxy) is 1. The summed E-state index contributed by atoms with van der Waals surface area (Å²) in [5, 5.41) is 10.2. The molecule has 1 saturated carbocycles.